The van der Waals surface area contributed by atoms with E-state index in [1.807, 2.05) is 42.3 Å². The summed E-state index contributed by atoms with van der Waals surface area (Å²) in [5.41, 5.74) is 4.34. The van der Waals surface area contributed by atoms with Crippen LogP contribution in [0.4, 0.5) is 5.69 Å². The fourth-order valence-electron chi connectivity index (χ4n) is 2.11. The molecule has 0 radical (unpaired) electrons. The van der Waals surface area contributed by atoms with Crippen molar-refractivity contribution in [2.45, 2.75) is 20.3 Å². The van der Waals surface area contributed by atoms with Gasteiger partial charge in [0.2, 0.25) is 0 Å². The molecule has 0 aromatic heterocycles. The third-order valence-corrected chi connectivity index (χ3v) is 4.12. The first kappa shape index (κ1) is 16.9. The van der Waals surface area contributed by atoms with Crippen molar-refractivity contribution in [2.75, 3.05) is 13.6 Å². The molecule has 0 bridgehead atoms. The number of rotatable bonds is 5. The molecule has 0 aliphatic rings. The second kappa shape index (κ2) is 7.66. The van der Waals surface area contributed by atoms with Crippen molar-refractivity contribution in [2.24, 2.45) is 4.99 Å². The molecule has 0 spiro atoms. The number of halogens is 2. The SMILES string of the molecule is CCN(C)C=Nc1cc(C)c(Cc2cccc(Cl)c2)cc1Cl. The van der Waals surface area contributed by atoms with Gasteiger partial charge in [0.1, 0.15) is 0 Å². The van der Waals surface area contributed by atoms with Gasteiger partial charge in [-0.05, 0) is 61.2 Å². The lowest BCUT2D eigenvalue weighted by Crippen LogP contribution is -2.14. The molecular weight excluding hydrogens is 315 g/mol. The smallest absolute Gasteiger partial charge is 0.0910 e. The van der Waals surface area contributed by atoms with Gasteiger partial charge in [-0.25, -0.2) is 4.99 Å². The molecule has 4 heteroatoms. The van der Waals surface area contributed by atoms with Crippen molar-refractivity contribution in [3.63, 3.8) is 0 Å². The van der Waals surface area contributed by atoms with Crippen LogP contribution in [0.3, 0.4) is 0 Å². The van der Waals surface area contributed by atoms with Crippen molar-refractivity contribution in [1.29, 1.82) is 0 Å². The third kappa shape index (κ3) is 4.49. The summed E-state index contributed by atoms with van der Waals surface area (Å²) in [6.45, 7) is 5.07. The number of benzene rings is 2. The molecular formula is C18H20Cl2N2. The highest BCUT2D eigenvalue weighted by atomic mass is 35.5. The fourth-order valence-corrected chi connectivity index (χ4v) is 2.55. The quantitative estimate of drug-likeness (QED) is 0.520. The first-order valence-electron chi connectivity index (χ1n) is 7.27. The maximum atomic E-state index is 6.37. The molecule has 0 fully saturated rings. The Hall–Kier alpha value is -1.51. The van der Waals surface area contributed by atoms with Crippen LogP contribution in [0.2, 0.25) is 10.0 Å². The molecule has 0 aliphatic carbocycles. The van der Waals surface area contributed by atoms with E-state index in [9.17, 15) is 0 Å². The minimum atomic E-state index is 0.670. The summed E-state index contributed by atoms with van der Waals surface area (Å²) in [6, 6.07) is 11.9. The standard InChI is InChI=1S/C18H20Cl2N2/c1-4-22(3)12-21-18-8-13(2)15(11-17(18)20)9-14-6-5-7-16(19)10-14/h5-8,10-12H,4,9H2,1-3H3. The van der Waals surface area contributed by atoms with Gasteiger partial charge in [0.05, 0.1) is 17.0 Å². The molecule has 2 nitrogen and oxygen atoms in total. The zero-order valence-corrected chi connectivity index (χ0v) is 14.6. The van der Waals surface area contributed by atoms with E-state index < -0.39 is 0 Å². The summed E-state index contributed by atoms with van der Waals surface area (Å²) in [7, 11) is 1.98. The summed E-state index contributed by atoms with van der Waals surface area (Å²) >= 11 is 12.4. The van der Waals surface area contributed by atoms with Crippen LogP contribution >= 0.6 is 23.2 Å². The van der Waals surface area contributed by atoms with Gasteiger partial charge in [-0.3, -0.25) is 0 Å². The average Bonchev–Trinajstić information content (AvgIpc) is 2.49. The van der Waals surface area contributed by atoms with E-state index in [1.165, 1.54) is 16.7 Å². The maximum Gasteiger partial charge on any atom is 0.0910 e. The highest BCUT2D eigenvalue weighted by molar-refractivity contribution is 6.33. The third-order valence-electron chi connectivity index (χ3n) is 3.58. The predicted octanol–water partition coefficient (Wildman–Crippen LogP) is 5.50. The lowest BCUT2D eigenvalue weighted by atomic mass is 10.00. The van der Waals surface area contributed by atoms with Crippen LogP contribution in [-0.4, -0.2) is 24.8 Å². The number of nitrogens with zero attached hydrogens (tertiary/aromatic N) is 2. The minimum absolute atomic E-state index is 0.670. The van der Waals surface area contributed by atoms with Crippen LogP contribution in [0.25, 0.3) is 0 Å². The first-order chi connectivity index (χ1) is 10.5. The van der Waals surface area contributed by atoms with Crippen LogP contribution in [0.5, 0.6) is 0 Å². The highest BCUT2D eigenvalue weighted by Gasteiger charge is 2.07. The van der Waals surface area contributed by atoms with Crippen LogP contribution in [0.15, 0.2) is 41.4 Å². The number of aliphatic imine (C=N–C) groups is 1. The zero-order chi connectivity index (χ0) is 16.1. The second-order valence-electron chi connectivity index (χ2n) is 5.35. The van der Waals surface area contributed by atoms with E-state index in [1.54, 1.807) is 6.34 Å². The molecule has 0 N–H and O–H groups in total. The molecule has 0 aliphatic heterocycles. The Morgan fingerprint density at radius 1 is 1.18 bits per heavy atom. The van der Waals surface area contributed by atoms with Gasteiger partial charge in [-0.2, -0.15) is 0 Å². The van der Waals surface area contributed by atoms with Gasteiger partial charge in [0.25, 0.3) is 0 Å². The van der Waals surface area contributed by atoms with Gasteiger partial charge < -0.3 is 4.90 Å². The van der Waals surface area contributed by atoms with E-state index in [4.69, 9.17) is 23.2 Å². The molecule has 22 heavy (non-hydrogen) atoms. The average molecular weight is 335 g/mol. The van der Waals surface area contributed by atoms with E-state index >= 15 is 0 Å². The molecule has 0 saturated carbocycles. The minimum Gasteiger partial charge on any atom is -0.366 e. The Morgan fingerprint density at radius 2 is 1.95 bits per heavy atom. The number of hydrogen-bond donors (Lipinski definition) is 0. The molecule has 0 amide bonds. The number of hydrogen-bond acceptors (Lipinski definition) is 1. The van der Waals surface area contributed by atoms with Crippen LogP contribution < -0.4 is 0 Å². The molecule has 0 saturated heterocycles. The summed E-state index contributed by atoms with van der Waals surface area (Å²) in [5, 5.41) is 1.42. The molecule has 2 aromatic carbocycles. The predicted molar refractivity (Wildman–Crippen MR) is 96.9 cm³/mol. The lowest BCUT2D eigenvalue weighted by molar-refractivity contribution is 0.552. The molecule has 116 valence electrons. The summed E-state index contributed by atoms with van der Waals surface area (Å²) in [4.78, 5) is 6.45. The van der Waals surface area contributed by atoms with Gasteiger partial charge in [0.15, 0.2) is 0 Å². The van der Waals surface area contributed by atoms with Crippen molar-refractivity contribution in [1.82, 2.24) is 4.90 Å². The molecule has 0 heterocycles. The van der Waals surface area contributed by atoms with Crippen LogP contribution in [-0.2, 0) is 6.42 Å². The highest BCUT2D eigenvalue weighted by Crippen LogP contribution is 2.29. The van der Waals surface area contributed by atoms with E-state index in [-0.39, 0.29) is 0 Å². The van der Waals surface area contributed by atoms with Crippen molar-refractivity contribution >= 4 is 35.2 Å². The lowest BCUT2D eigenvalue weighted by Gasteiger charge is -2.11. The van der Waals surface area contributed by atoms with Gasteiger partial charge in [0, 0.05) is 18.6 Å². The summed E-state index contributed by atoms with van der Waals surface area (Å²) in [6.07, 6.45) is 2.61. The number of aryl methyl sites for hydroxylation is 1. The molecule has 2 rings (SSSR count). The van der Waals surface area contributed by atoms with Gasteiger partial charge in [-0.1, -0.05) is 35.3 Å². The van der Waals surface area contributed by atoms with Gasteiger partial charge in [-0.15, -0.1) is 0 Å². The second-order valence-corrected chi connectivity index (χ2v) is 6.20. The Morgan fingerprint density at radius 3 is 2.64 bits per heavy atom. The Labute approximate surface area is 142 Å². The van der Waals surface area contributed by atoms with Crippen LogP contribution in [0, 0.1) is 6.92 Å². The molecule has 2 aromatic rings. The Bertz CT molecular complexity index is 681. The van der Waals surface area contributed by atoms with Crippen molar-refractivity contribution in [3.05, 3.63) is 63.1 Å². The first-order valence-corrected chi connectivity index (χ1v) is 8.03. The monoisotopic (exact) mass is 334 g/mol. The van der Waals surface area contributed by atoms with Crippen molar-refractivity contribution < 1.29 is 0 Å². The van der Waals surface area contributed by atoms with Crippen molar-refractivity contribution in [3.8, 4) is 0 Å². The van der Waals surface area contributed by atoms with E-state index in [0.29, 0.717) is 5.02 Å². The van der Waals surface area contributed by atoms with Crippen LogP contribution in [0.1, 0.15) is 23.6 Å². The summed E-state index contributed by atoms with van der Waals surface area (Å²) < 4.78 is 0. The maximum absolute atomic E-state index is 6.37. The van der Waals surface area contributed by atoms with Gasteiger partial charge >= 0.3 is 0 Å². The van der Waals surface area contributed by atoms with E-state index in [0.717, 1.165) is 23.7 Å². The Kier molecular flexibility index (Phi) is 5.87. The largest absolute Gasteiger partial charge is 0.366 e. The zero-order valence-electron chi connectivity index (χ0n) is 13.1. The molecule has 0 unspecified atom stereocenters. The summed E-state index contributed by atoms with van der Waals surface area (Å²) in [5.74, 6) is 0. The Balaban J connectivity index is 2.24. The normalized spacial score (nSPS) is 11.1. The topological polar surface area (TPSA) is 15.6 Å². The van der Waals surface area contributed by atoms with E-state index in [2.05, 4.69) is 24.9 Å². The molecule has 0 atom stereocenters. The fraction of sp³-hybridized carbons (Fsp3) is 0.278.